The van der Waals surface area contributed by atoms with Crippen molar-refractivity contribution in [2.24, 2.45) is 11.7 Å². The second-order valence-corrected chi connectivity index (χ2v) is 5.31. The molecule has 21 heavy (non-hydrogen) atoms. The molecule has 110 valence electrons. The van der Waals surface area contributed by atoms with Gasteiger partial charge in [0.15, 0.2) is 0 Å². The predicted molar refractivity (Wildman–Crippen MR) is 73.5 cm³/mol. The monoisotopic (exact) mass is 289 g/mol. The number of pyridine rings is 1. The average molecular weight is 289 g/mol. The molecule has 4 atom stereocenters. The summed E-state index contributed by atoms with van der Waals surface area (Å²) in [5.41, 5.74) is 5.78. The third-order valence-corrected chi connectivity index (χ3v) is 4.21. The molecule has 0 spiro atoms. The maximum absolute atomic E-state index is 11.2. The molecule has 3 N–H and O–H groups in total. The first-order chi connectivity index (χ1) is 10.1. The molecule has 8 nitrogen and oxygen atoms in total. The summed E-state index contributed by atoms with van der Waals surface area (Å²) < 4.78 is 5.68. The fourth-order valence-corrected chi connectivity index (χ4v) is 3.12. The van der Waals surface area contributed by atoms with Gasteiger partial charge in [-0.15, -0.1) is 0 Å². The van der Waals surface area contributed by atoms with Gasteiger partial charge >= 0.3 is 5.69 Å². The Balaban J connectivity index is 1.86. The Morgan fingerprint density at radius 2 is 2.43 bits per heavy atom. The lowest BCUT2D eigenvalue weighted by Gasteiger charge is -2.52. The molecule has 1 aliphatic carbocycles. The summed E-state index contributed by atoms with van der Waals surface area (Å²) >= 11 is 0. The number of nitro groups is 1. The van der Waals surface area contributed by atoms with Crippen LogP contribution in [0.5, 0.6) is 0 Å². The lowest BCUT2D eigenvalue weighted by Crippen LogP contribution is -2.69. The Morgan fingerprint density at radius 3 is 3.14 bits per heavy atom. The van der Waals surface area contributed by atoms with Crippen LogP contribution in [0.1, 0.15) is 18.4 Å². The van der Waals surface area contributed by atoms with E-state index < -0.39 is 4.92 Å². The molecule has 2 heterocycles. The molecular formula is C13H15N5O3. The van der Waals surface area contributed by atoms with E-state index in [9.17, 15) is 10.1 Å². The number of nitrogens with one attached hydrogen (secondary N) is 1. The Kier molecular flexibility index (Phi) is 3.45. The third kappa shape index (κ3) is 2.20. The summed E-state index contributed by atoms with van der Waals surface area (Å²) in [6.45, 7) is 0.680. The summed E-state index contributed by atoms with van der Waals surface area (Å²) in [6.07, 6.45) is 3.33. The van der Waals surface area contributed by atoms with Crippen molar-refractivity contribution in [3.8, 4) is 6.07 Å². The molecule has 3 rings (SSSR count). The van der Waals surface area contributed by atoms with Gasteiger partial charge in [0, 0.05) is 24.8 Å². The number of hydrogen-bond acceptors (Lipinski definition) is 7. The molecular weight excluding hydrogens is 274 g/mol. The molecule has 1 aromatic rings. The predicted octanol–water partition coefficient (Wildman–Crippen LogP) is 0.778. The third-order valence-electron chi connectivity index (χ3n) is 4.21. The van der Waals surface area contributed by atoms with Crippen LogP contribution in [0.3, 0.4) is 0 Å². The lowest BCUT2D eigenvalue weighted by molar-refractivity contribution is -0.384. The highest BCUT2D eigenvalue weighted by molar-refractivity contribution is 5.64. The zero-order chi connectivity index (χ0) is 15.0. The highest BCUT2D eigenvalue weighted by Gasteiger charge is 2.51. The molecule has 1 saturated carbocycles. The van der Waals surface area contributed by atoms with E-state index in [1.54, 1.807) is 0 Å². The highest BCUT2D eigenvalue weighted by Crippen LogP contribution is 2.39. The van der Waals surface area contributed by atoms with Crippen LogP contribution in [-0.4, -0.2) is 34.7 Å². The largest absolute Gasteiger partial charge is 0.376 e. The van der Waals surface area contributed by atoms with Gasteiger partial charge in [0.1, 0.15) is 11.6 Å². The van der Waals surface area contributed by atoms with Crippen LogP contribution in [0.25, 0.3) is 0 Å². The normalized spacial score (nSPS) is 30.7. The van der Waals surface area contributed by atoms with Crippen LogP contribution >= 0.6 is 0 Å². The summed E-state index contributed by atoms with van der Waals surface area (Å²) in [5, 5.41) is 23.1. The molecule has 0 amide bonds. The van der Waals surface area contributed by atoms with E-state index in [1.807, 2.05) is 6.07 Å². The number of fused-ring (bicyclic) bond motifs is 1. The van der Waals surface area contributed by atoms with E-state index in [2.05, 4.69) is 10.3 Å². The minimum Gasteiger partial charge on any atom is -0.376 e. The minimum atomic E-state index is -0.600. The molecule has 2 fully saturated rings. The van der Waals surface area contributed by atoms with E-state index in [-0.39, 0.29) is 41.2 Å². The Bertz CT molecular complexity index is 614. The second-order valence-electron chi connectivity index (χ2n) is 5.31. The first-order valence-electron chi connectivity index (χ1n) is 6.80. The van der Waals surface area contributed by atoms with E-state index in [4.69, 9.17) is 15.7 Å². The maximum Gasteiger partial charge on any atom is 0.328 e. The second kappa shape index (κ2) is 5.27. The van der Waals surface area contributed by atoms with Gasteiger partial charge in [0.2, 0.25) is 5.82 Å². The van der Waals surface area contributed by atoms with Crippen molar-refractivity contribution < 1.29 is 9.66 Å². The molecule has 0 radical (unpaired) electrons. The fraction of sp³-hybridized carbons (Fsp3) is 0.538. The summed E-state index contributed by atoms with van der Waals surface area (Å²) in [6, 6.07) is 2.80. The minimum absolute atomic E-state index is 0.0218. The smallest absolute Gasteiger partial charge is 0.328 e. The van der Waals surface area contributed by atoms with Crippen molar-refractivity contribution in [2.45, 2.75) is 31.0 Å². The van der Waals surface area contributed by atoms with Gasteiger partial charge in [-0.2, -0.15) is 5.26 Å². The van der Waals surface area contributed by atoms with Crippen molar-refractivity contribution in [1.82, 2.24) is 4.98 Å². The fourth-order valence-electron chi connectivity index (χ4n) is 3.12. The van der Waals surface area contributed by atoms with Crippen molar-refractivity contribution in [1.29, 1.82) is 5.26 Å². The Morgan fingerprint density at radius 1 is 1.62 bits per heavy atom. The van der Waals surface area contributed by atoms with E-state index in [0.29, 0.717) is 6.61 Å². The van der Waals surface area contributed by atoms with Gasteiger partial charge in [-0.25, -0.2) is 4.98 Å². The number of rotatable bonds is 3. The number of hydrogen-bond donors (Lipinski definition) is 2. The summed E-state index contributed by atoms with van der Waals surface area (Å²) in [4.78, 5) is 14.6. The van der Waals surface area contributed by atoms with Gasteiger partial charge in [0.25, 0.3) is 0 Å². The molecule has 0 bridgehead atoms. The summed E-state index contributed by atoms with van der Waals surface area (Å²) in [7, 11) is 0. The number of nitriles is 1. The SMILES string of the molecule is N#Cc1ccnc(NC2C(N)C3CCCOC32)c1[N+](=O)[O-]. The number of nitrogens with two attached hydrogens (primary N) is 1. The van der Waals surface area contributed by atoms with Crippen molar-refractivity contribution in [2.75, 3.05) is 11.9 Å². The molecule has 1 saturated heterocycles. The van der Waals surface area contributed by atoms with Crippen LogP contribution in [0.2, 0.25) is 0 Å². The molecule has 2 aliphatic rings. The number of aromatic nitrogens is 1. The highest BCUT2D eigenvalue weighted by atomic mass is 16.6. The van der Waals surface area contributed by atoms with Crippen LogP contribution in [-0.2, 0) is 4.74 Å². The number of nitrogens with zero attached hydrogens (tertiary/aromatic N) is 3. The van der Waals surface area contributed by atoms with Gasteiger partial charge in [-0.05, 0) is 18.9 Å². The van der Waals surface area contributed by atoms with E-state index >= 15 is 0 Å². The maximum atomic E-state index is 11.2. The van der Waals surface area contributed by atoms with Gasteiger partial charge in [-0.1, -0.05) is 0 Å². The number of ether oxygens (including phenoxy) is 1. The summed E-state index contributed by atoms with van der Waals surface area (Å²) in [5.74, 6) is 0.363. The van der Waals surface area contributed by atoms with Crippen LogP contribution < -0.4 is 11.1 Å². The standard InChI is InChI=1S/C13H15N5O3/c14-6-7-3-4-16-13(11(7)18(19)20)17-10-9(15)8-2-1-5-21-12(8)10/h3-4,8-10,12H,1-2,5,15H2,(H,16,17). The lowest BCUT2D eigenvalue weighted by atomic mass is 9.68. The first kappa shape index (κ1) is 13.7. The Hall–Kier alpha value is -2.24. The van der Waals surface area contributed by atoms with E-state index in [1.165, 1.54) is 12.3 Å². The quantitative estimate of drug-likeness (QED) is 0.621. The zero-order valence-electron chi connectivity index (χ0n) is 11.2. The van der Waals surface area contributed by atoms with Gasteiger partial charge in [-0.3, -0.25) is 10.1 Å². The van der Waals surface area contributed by atoms with Crippen LogP contribution in [0, 0.1) is 27.4 Å². The van der Waals surface area contributed by atoms with Gasteiger partial charge < -0.3 is 15.8 Å². The molecule has 0 aromatic carbocycles. The zero-order valence-corrected chi connectivity index (χ0v) is 11.2. The first-order valence-corrected chi connectivity index (χ1v) is 6.80. The Labute approximate surface area is 121 Å². The molecule has 4 unspecified atom stereocenters. The van der Waals surface area contributed by atoms with Gasteiger partial charge in [0.05, 0.1) is 17.1 Å². The molecule has 1 aromatic heterocycles. The van der Waals surface area contributed by atoms with Crippen molar-refractivity contribution in [3.63, 3.8) is 0 Å². The number of anilines is 1. The average Bonchev–Trinajstić information content (AvgIpc) is 2.51. The topological polar surface area (TPSA) is 127 Å². The van der Waals surface area contributed by atoms with Crippen LogP contribution in [0.15, 0.2) is 12.3 Å². The van der Waals surface area contributed by atoms with E-state index in [0.717, 1.165) is 12.8 Å². The van der Waals surface area contributed by atoms with Crippen LogP contribution in [0.4, 0.5) is 11.5 Å². The van der Waals surface area contributed by atoms with Crippen molar-refractivity contribution >= 4 is 11.5 Å². The molecule has 1 aliphatic heterocycles. The van der Waals surface area contributed by atoms with Crippen molar-refractivity contribution in [3.05, 3.63) is 27.9 Å². The molecule has 8 heteroatoms.